The minimum atomic E-state index is 0.992. The van der Waals surface area contributed by atoms with Crippen molar-refractivity contribution in [3.8, 4) is 11.8 Å². The van der Waals surface area contributed by atoms with Gasteiger partial charge in [0.25, 0.3) is 0 Å². The van der Waals surface area contributed by atoms with E-state index in [1.165, 1.54) is 0 Å². The summed E-state index contributed by atoms with van der Waals surface area (Å²) >= 11 is 0. The molecule has 0 amide bonds. The predicted octanol–water partition coefficient (Wildman–Crippen LogP) is 3.16. The van der Waals surface area contributed by atoms with Crippen LogP contribution in [-0.2, 0) is 0 Å². The molecule has 88 valence electrons. The van der Waals surface area contributed by atoms with Crippen LogP contribution in [0.2, 0.25) is 0 Å². The van der Waals surface area contributed by atoms with Gasteiger partial charge in [-0.2, -0.15) is 5.10 Å². The van der Waals surface area contributed by atoms with E-state index in [9.17, 15) is 0 Å². The molecule has 2 aromatic rings. The fourth-order valence-electron chi connectivity index (χ4n) is 1.46. The molecule has 18 heavy (non-hydrogen) atoms. The van der Waals surface area contributed by atoms with Crippen molar-refractivity contribution in [3.05, 3.63) is 66.2 Å². The van der Waals surface area contributed by atoms with E-state index in [0.717, 1.165) is 11.3 Å². The third-order valence-electron chi connectivity index (χ3n) is 2.42. The average molecular weight is 234 g/mol. The largest absolute Gasteiger partial charge is 0.268 e. The molecule has 0 spiro atoms. The Morgan fingerprint density at radius 3 is 2.22 bits per heavy atom. The molecule has 0 bridgehead atoms. The summed E-state index contributed by atoms with van der Waals surface area (Å²) in [6.07, 6.45) is 1.61. The van der Waals surface area contributed by atoms with Crippen LogP contribution in [-0.4, -0.2) is 13.3 Å². The summed E-state index contributed by atoms with van der Waals surface area (Å²) in [7, 11) is 1.90. The van der Waals surface area contributed by atoms with E-state index in [1.807, 2.05) is 67.7 Å². The van der Waals surface area contributed by atoms with E-state index in [4.69, 9.17) is 0 Å². The van der Waals surface area contributed by atoms with Crippen molar-refractivity contribution in [2.24, 2.45) is 5.10 Å². The third-order valence-corrected chi connectivity index (χ3v) is 2.42. The van der Waals surface area contributed by atoms with E-state index in [2.05, 4.69) is 16.9 Å². The van der Waals surface area contributed by atoms with Crippen LogP contribution in [0.5, 0.6) is 0 Å². The van der Waals surface area contributed by atoms with Gasteiger partial charge in [-0.1, -0.05) is 42.3 Å². The molecule has 0 heterocycles. The summed E-state index contributed by atoms with van der Waals surface area (Å²) in [4.78, 5) is 0. The van der Waals surface area contributed by atoms with Gasteiger partial charge in [0.05, 0.1) is 11.9 Å². The number of para-hydroxylation sites is 1. The van der Waals surface area contributed by atoms with Crippen molar-refractivity contribution in [1.82, 2.24) is 0 Å². The molecule has 2 heteroatoms. The minimum Gasteiger partial charge on any atom is -0.268 e. The first-order valence-corrected chi connectivity index (χ1v) is 5.74. The molecule has 2 rings (SSSR count). The molecule has 0 fully saturated rings. The Balaban J connectivity index is 1.99. The molecule has 0 radical (unpaired) electrons. The predicted molar refractivity (Wildman–Crippen MR) is 76.7 cm³/mol. The Kier molecular flexibility index (Phi) is 4.16. The molecular formula is C16H14N2. The molecule has 0 aliphatic carbocycles. The normalized spacial score (nSPS) is 9.83. The van der Waals surface area contributed by atoms with Gasteiger partial charge < -0.3 is 0 Å². The highest BCUT2D eigenvalue weighted by molar-refractivity contribution is 5.80. The summed E-state index contributed by atoms with van der Waals surface area (Å²) in [5.74, 6) is 5.94. The Bertz CT molecular complexity index is 562. The highest BCUT2D eigenvalue weighted by Crippen LogP contribution is 2.10. The smallest absolute Gasteiger partial charge is 0.0976 e. The van der Waals surface area contributed by atoms with Crippen LogP contribution < -0.4 is 5.01 Å². The Morgan fingerprint density at radius 2 is 1.56 bits per heavy atom. The fraction of sp³-hybridized carbons (Fsp3) is 0.0625. The van der Waals surface area contributed by atoms with Gasteiger partial charge in [-0.25, -0.2) is 0 Å². The van der Waals surface area contributed by atoms with Gasteiger partial charge >= 0.3 is 0 Å². The van der Waals surface area contributed by atoms with Crippen molar-refractivity contribution in [2.75, 3.05) is 12.1 Å². The average Bonchev–Trinajstić information content (AvgIpc) is 2.45. The lowest BCUT2D eigenvalue weighted by atomic mass is 10.2. The van der Waals surface area contributed by atoms with Crippen LogP contribution in [0.15, 0.2) is 65.8 Å². The maximum absolute atomic E-state index is 4.24. The zero-order valence-electron chi connectivity index (χ0n) is 10.2. The Morgan fingerprint density at radius 1 is 0.944 bits per heavy atom. The maximum Gasteiger partial charge on any atom is 0.0976 e. The number of nitrogens with zero attached hydrogens (tertiary/aromatic N) is 2. The fourth-order valence-corrected chi connectivity index (χ4v) is 1.46. The van der Waals surface area contributed by atoms with Crippen molar-refractivity contribution < 1.29 is 0 Å². The first kappa shape index (κ1) is 11.9. The molecule has 2 aromatic carbocycles. The summed E-state index contributed by atoms with van der Waals surface area (Å²) in [5.41, 5.74) is 2.03. The van der Waals surface area contributed by atoms with E-state index in [1.54, 1.807) is 11.2 Å². The van der Waals surface area contributed by atoms with Gasteiger partial charge in [0.15, 0.2) is 0 Å². The van der Waals surface area contributed by atoms with E-state index in [0.29, 0.717) is 0 Å². The molecule has 0 saturated heterocycles. The molecule has 2 nitrogen and oxygen atoms in total. The van der Waals surface area contributed by atoms with Gasteiger partial charge in [0, 0.05) is 12.6 Å². The second-order valence-electron chi connectivity index (χ2n) is 3.74. The lowest BCUT2D eigenvalue weighted by Gasteiger charge is -2.10. The number of rotatable bonds is 2. The first-order valence-electron chi connectivity index (χ1n) is 5.74. The topological polar surface area (TPSA) is 15.6 Å². The Labute approximate surface area is 108 Å². The Hall–Kier alpha value is -2.53. The number of anilines is 1. The molecule has 0 aromatic heterocycles. The SMILES string of the molecule is CN(/N=C\C#Cc1ccccc1)c1ccccc1. The van der Waals surface area contributed by atoms with Gasteiger partial charge in [0.1, 0.15) is 0 Å². The van der Waals surface area contributed by atoms with Crippen molar-refractivity contribution in [3.63, 3.8) is 0 Å². The van der Waals surface area contributed by atoms with E-state index in [-0.39, 0.29) is 0 Å². The number of hydrogen-bond donors (Lipinski definition) is 0. The first-order chi connectivity index (χ1) is 8.86. The highest BCUT2D eigenvalue weighted by atomic mass is 15.4. The lowest BCUT2D eigenvalue weighted by Crippen LogP contribution is -2.07. The maximum atomic E-state index is 4.24. The van der Waals surface area contributed by atoms with Crippen molar-refractivity contribution in [2.45, 2.75) is 0 Å². The van der Waals surface area contributed by atoms with Crippen LogP contribution in [0.3, 0.4) is 0 Å². The van der Waals surface area contributed by atoms with Gasteiger partial charge in [-0.15, -0.1) is 0 Å². The quantitative estimate of drug-likeness (QED) is 0.443. The van der Waals surface area contributed by atoms with Crippen molar-refractivity contribution >= 4 is 11.9 Å². The molecule has 0 aliphatic heterocycles. The monoisotopic (exact) mass is 234 g/mol. The summed E-state index contributed by atoms with van der Waals surface area (Å²) < 4.78 is 0. The molecule has 0 N–H and O–H groups in total. The number of benzene rings is 2. The van der Waals surface area contributed by atoms with Gasteiger partial charge in [0.2, 0.25) is 0 Å². The van der Waals surface area contributed by atoms with E-state index >= 15 is 0 Å². The second kappa shape index (κ2) is 6.27. The van der Waals surface area contributed by atoms with Crippen LogP contribution in [0.4, 0.5) is 5.69 Å². The molecule has 0 saturated carbocycles. The molecular weight excluding hydrogens is 220 g/mol. The van der Waals surface area contributed by atoms with Crippen LogP contribution in [0.1, 0.15) is 5.56 Å². The number of hydrogen-bond acceptors (Lipinski definition) is 2. The zero-order valence-corrected chi connectivity index (χ0v) is 10.2. The van der Waals surface area contributed by atoms with Crippen LogP contribution in [0, 0.1) is 11.8 Å². The van der Waals surface area contributed by atoms with Crippen LogP contribution in [0.25, 0.3) is 0 Å². The summed E-state index contributed by atoms with van der Waals surface area (Å²) in [6, 6.07) is 19.8. The van der Waals surface area contributed by atoms with Crippen molar-refractivity contribution in [1.29, 1.82) is 0 Å². The lowest BCUT2D eigenvalue weighted by molar-refractivity contribution is 1.03. The third kappa shape index (κ3) is 3.50. The van der Waals surface area contributed by atoms with E-state index < -0.39 is 0 Å². The van der Waals surface area contributed by atoms with Gasteiger partial charge in [-0.3, -0.25) is 5.01 Å². The summed E-state index contributed by atoms with van der Waals surface area (Å²) in [6.45, 7) is 0. The second-order valence-corrected chi connectivity index (χ2v) is 3.74. The van der Waals surface area contributed by atoms with Crippen LogP contribution >= 0.6 is 0 Å². The molecule has 0 unspecified atom stereocenters. The standard InChI is InChI=1S/C16H14N2/c1-18(16-12-6-3-7-13-16)17-14-8-11-15-9-4-2-5-10-15/h2-7,9-10,12-14H,1H3/b17-14-. The number of hydrazone groups is 1. The zero-order chi connectivity index (χ0) is 12.6. The highest BCUT2D eigenvalue weighted by Gasteiger charge is 1.93. The summed E-state index contributed by atoms with van der Waals surface area (Å²) in [5, 5.41) is 6.04. The minimum absolute atomic E-state index is 0.992. The van der Waals surface area contributed by atoms with Gasteiger partial charge in [-0.05, 0) is 30.2 Å². The molecule has 0 aliphatic rings. The molecule has 0 atom stereocenters.